The van der Waals surface area contributed by atoms with Gasteiger partial charge in [0.25, 0.3) is 5.56 Å². The van der Waals surface area contributed by atoms with Crippen LogP contribution in [0.5, 0.6) is 0 Å². The molecular formula is C13H17N3O3S2. The number of carbonyl (C=O) groups is 1. The highest BCUT2D eigenvalue weighted by Gasteiger charge is 2.18. The van der Waals surface area contributed by atoms with Crippen molar-refractivity contribution in [1.82, 2.24) is 14.9 Å². The average Bonchev–Trinajstić information content (AvgIpc) is 2.92. The Hall–Kier alpha value is -1.38. The Morgan fingerprint density at radius 1 is 1.62 bits per heavy atom. The Morgan fingerprint density at radius 2 is 2.38 bits per heavy atom. The number of hydrogen-bond acceptors (Lipinski definition) is 6. The first-order valence-electron chi connectivity index (χ1n) is 6.42. The molecule has 0 fully saturated rings. The van der Waals surface area contributed by atoms with Gasteiger partial charge in [0.15, 0.2) is 0 Å². The Bertz CT molecular complexity index is 679. The molecule has 0 radical (unpaired) electrons. The van der Waals surface area contributed by atoms with Gasteiger partial charge in [0.2, 0.25) is 5.91 Å². The van der Waals surface area contributed by atoms with Crippen molar-refractivity contribution in [3.05, 3.63) is 28.1 Å². The first-order chi connectivity index (χ1) is 10.1. The normalized spacial score (nSPS) is 14.0. The van der Waals surface area contributed by atoms with E-state index in [1.165, 1.54) is 34.0 Å². The first-order valence-corrected chi connectivity index (χ1v) is 8.59. The van der Waals surface area contributed by atoms with Crippen LogP contribution in [0.4, 0.5) is 0 Å². The van der Waals surface area contributed by atoms with Gasteiger partial charge in [-0.05, 0) is 24.6 Å². The molecule has 2 aromatic rings. The summed E-state index contributed by atoms with van der Waals surface area (Å²) >= 11 is 2.88. The maximum atomic E-state index is 12.2. The van der Waals surface area contributed by atoms with Crippen molar-refractivity contribution >= 4 is 39.2 Å². The van der Waals surface area contributed by atoms with Crippen LogP contribution in [-0.2, 0) is 11.3 Å². The Balaban J connectivity index is 2.08. The van der Waals surface area contributed by atoms with Crippen molar-refractivity contribution in [2.45, 2.75) is 24.8 Å². The minimum atomic E-state index is -0.270. The number of carbonyl (C=O) groups excluding carboxylic acids is 1. The predicted octanol–water partition coefficient (Wildman–Crippen LogP) is 0.687. The van der Waals surface area contributed by atoms with E-state index in [9.17, 15) is 14.7 Å². The largest absolute Gasteiger partial charge is 0.395 e. The molecule has 2 unspecified atom stereocenters. The lowest BCUT2D eigenvalue weighted by atomic mass is 10.2. The number of thiophene rings is 1. The molecule has 8 heteroatoms. The summed E-state index contributed by atoms with van der Waals surface area (Å²) in [5, 5.41) is 14.3. The van der Waals surface area contributed by atoms with Gasteiger partial charge in [0.1, 0.15) is 11.4 Å². The third kappa shape index (κ3) is 3.63. The fourth-order valence-electron chi connectivity index (χ4n) is 1.99. The van der Waals surface area contributed by atoms with Crippen molar-refractivity contribution in [3.8, 4) is 0 Å². The molecule has 0 aliphatic rings. The van der Waals surface area contributed by atoms with Gasteiger partial charge in [0.05, 0.1) is 18.3 Å². The minimum Gasteiger partial charge on any atom is -0.395 e. The van der Waals surface area contributed by atoms with E-state index in [4.69, 9.17) is 0 Å². The van der Waals surface area contributed by atoms with Crippen LogP contribution in [-0.4, -0.2) is 44.7 Å². The molecule has 21 heavy (non-hydrogen) atoms. The summed E-state index contributed by atoms with van der Waals surface area (Å²) in [5.41, 5.74) is -0.215. The van der Waals surface area contributed by atoms with E-state index >= 15 is 0 Å². The molecule has 114 valence electrons. The molecule has 2 atom stereocenters. The SMILES string of the molecule is CSC(CO)C(C)NC(=O)Cn1cnc2sccc2c1=O. The smallest absolute Gasteiger partial charge is 0.262 e. The molecule has 6 nitrogen and oxygen atoms in total. The number of nitrogens with one attached hydrogen (secondary N) is 1. The molecule has 2 N–H and O–H groups in total. The zero-order chi connectivity index (χ0) is 15.4. The Kier molecular flexibility index (Phi) is 5.38. The van der Waals surface area contributed by atoms with Crippen molar-refractivity contribution < 1.29 is 9.90 Å². The second-order valence-corrected chi connectivity index (χ2v) is 6.60. The fourth-order valence-corrected chi connectivity index (χ4v) is 3.34. The van der Waals surface area contributed by atoms with Crippen LogP contribution >= 0.6 is 23.1 Å². The zero-order valence-electron chi connectivity index (χ0n) is 11.8. The fraction of sp³-hybridized carbons (Fsp3) is 0.462. The third-order valence-corrected chi connectivity index (χ3v) is 5.18. The van der Waals surface area contributed by atoms with Gasteiger partial charge in [-0.2, -0.15) is 11.8 Å². The topological polar surface area (TPSA) is 84.2 Å². The number of rotatable bonds is 6. The van der Waals surface area contributed by atoms with Crippen LogP contribution in [0.25, 0.3) is 10.2 Å². The summed E-state index contributed by atoms with van der Waals surface area (Å²) < 4.78 is 1.30. The number of aliphatic hydroxyl groups is 1. The molecule has 0 aliphatic carbocycles. The number of hydrogen-bond donors (Lipinski definition) is 2. The second kappa shape index (κ2) is 7.06. The van der Waals surface area contributed by atoms with E-state index in [1.807, 2.05) is 13.2 Å². The molecule has 1 amide bonds. The molecule has 0 aromatic carbocycles. The monoisotopic (exact) mass is 327 g/mol. The van der Waals surface area contributed by atoms with Crippen molar-refractivity contribution in [1.29, 1.82) is 0 Å². The van der Waals surface area contributed by atoms with Gasteiger partial charge >= 0.3 is 0 Å². The lowest BCUT2D eigenvalue weighted by Gasteiger charge is -2.21. The van der Waals surface area contributed by atoms with E-state index in [-0.39, 0.29) is 35.9 Å². The Morgan fingerprint density at radius 3 is 3.05 bits per heavy atom. The number of thioether (sulfide) groups is 1. The standard InChI is InChI=1S/C13H17N3O3S2/c1-8(10(6-17)20-2)15-11(18)5-16-7-14-12-9(13(16)19)3-4-21-12/h3-4,7-8,10,17H,5-6H2,1-2H3,(H,15,18). The lowest BCUT2D eigenvalue weighted by Crippen LogP contribution is -2.43. The van der Waals surface area contributed by atoms with E-state index in [0.29, 0.717) is 10.2 Å². The molecule has 2 heterocycles. The van der Waals surface area contributed by atoms with Crippen LogP contribution in [0.3, 0.4) is 0 Å². The van der Waals surface area contributed by atoms with E-state index < -0.39 is 0 Å². The van der Waals surface area contributed by atoms with Crippen LogP contribution in [0.2, 0.25) is 0 Å². The van der Waals surface area contributed by atoms with Gasteiger partial charge in [0, 0.05) is 11.3 Å². The lowest BCUT2D eigenvalue weighted by molar-refractivity contribution is -0.122. The van der Waals surface area contributed by atoms with Gasteiger partial charge < -0.3 is 10.4 Å². The highest BCUT2D eigenvalue weighted by atomic mass is 32.2. The zero-order valence-corrected chi connectivity index (χ0v) is 13.4. The summed E-state index contributed by atoms with van der Waals surface area (Å²) in [6.07, 6.45) is 3.27. The number of nitrogens with zero attached hydrogens (tertiary/aromatic N) is 2. The maximum absolute atomic E-state index is 12.2. The molecule has 0 saturated carbocycles. The van der Waals surface area contributed by atoms with E-state index in [0.717, 1.165) is 0 Å². The third-order valence-electron chi connectivity index (χ3n) is 3.19. The van der Waals surface area contributed by atoms with Gasteiger partial charge in [-0.3, -0.25) is 14.2 Å². The van der Waals surface area contributed by atoms with Crippen LogP contribution < -0.4 is 10.9 Å². The summed E-state index contributed by atoms with van der Waals surface area (Å²) in [4.78, 5) is 29.0. The predicted molar refractivity (Wildman–Crippen MR) is 85.9 cm³/mol. The van der Waals surface area contributed by atoms with E-state index in [2.05, 4.69) is 10.3 Å². The first kappa shape index (κ1) is 16.0. The highest BCUT2D eigenvalue weighted by Crippen LogP contribution is 2.13. The van der Waals surface area contributed by atoms with Crippen molar-refractivity contribution in [3.63, 3.8) is 0 Å². The summed E-state index contributed by atoms with van der Waals surface area (Å²) in [5.74, 6) is -0.270. The van der Waals surface area contributed by atoms with Gasteiger partial charge in [-0.25, -0.2) is 4.98 Å². The molecule has 0 saturated heterocycles. The average molecular weight is 327 g/mol. The number of aliphatic hydroxyl groups excluding tert-OH is 1. The van der Waals surface area contributed by atoms with Crippen molar-refractivity contribution in [2.75, 3.05) is 12.9 Å². The molecule has 0 aliphatic heterocycles. The van der Waals surface area contributed by atoms with Gasteiger partial charge in [-0.1, -0.05) is 0 Å². The highest BCUT2D eigenvalue weighted by molar-refractivity contribution is 7.99. The second-order valence-electron chi connectivity index (χ2n) is 4.63. The molecular weight excluding hydrogens is 310 g/mol. The van der Waals surface area contributed by atoms with Gasteiger partial charge in [-0.15, -0.1) is 11.3 Å². The number of amides is 1. The molecule has 2 aromatic heterocycles. The molecule has 2 rings (SSSR count). The van der Waals surface area contributed by atoms with Crippen LogP contribution in [0, 0.1) is 0 Å². The summed E-state index contributed by atoms with van der Waals surface area (Å²) in [7, 11) is 0. The Labute approximate surface area is 130 Å². The summed E-state index contributed by atoms with van der Waals surface area (Å²) in [6, 6.07) is 1.54. The quantitative estimate of drug-likeness (QED) is 0.815. The van der Waals surface area contributed by atoms with Crippen molar-refractivity contribution in [2.24, 2.45) is 0 Å². The minimum absolute atomic E-state index is 0.00895. The van der Waals surface area contributed by atoms with Crippen LogP contribution in [0.15, 0.2) is 22.6 Å². The number of fused-ring (bicyclic) bond motifs is 1. The van der Waals surface area contributed by atoms with E-state index in [1.54, 1.807) is 11.4 Å². The summed E-state index contributed by atoms with van der Waals surface area (Å²) in [6.45, 7) is 1.75. The molecule has 0 spiro atoms. The maximum Gasteiger partial charge on any atom is 0.262 e. The molecule has 0 bridgehead atoms. The van der Waals surface area contributed by atoms with Crippen LogP contribution in [0.1, 0.15) is 6.92 Å². The number of aromatic nitrogens is 2.